The van der Waals surface area contributed by atoms with E-state index >= 15 is 0 Å². The van der Waals surface area contributed by atoms with Crippen LogP contribution < -0.4 is 5.73 Å². The van der Waals surface area contributed by atoms with Gasteiger partial charge in [0.15, 0.2) is 5.65 Å². The lowest BCUT2D eigenvalue weighted by molar-refractivity contribution is 0.619. The molecule has 3 nitrogen and oxygen atoms in total. The summed E-state index contributed by atoms with van der Waals surface area (Å²) < 4.78 is 14.6. The second-order valence-electron chi connectivity index (χ2n) is 3.09. The number of imidazole rings is 1. The van der Waals surface area contributed by atoms with Gasteiger partial charge in [0.1, 0.15) is 5.82 Å². The number of aromatic nitrogens is 2. The quantitative estimate of drug-likeness (QED) is 0.668. The lowest BCUT2D eigenvalue weighted by Gasteiger charge is -1.99. The van der Waals surface area contributed by atoms with E-state index in [0.29, 0.717) is 11.3 Å². The molecule has 2 N–H and O–H groups in total. The number of halogens is 1. The predicted octanol–water partition coefficient (Wildman–Crippen LogP) is 1.67. The first-order valence-electron chi connectivity index (χ1n) is 4.00. The van der Waals surface area contributed by atoms with Gasteiger partial charge in [-0.25, -0.2) is 9.37 Å². The van der Waals surface area contributed by atoms with E-state index in [9.17, 15) is 4.39 Å². The van der Waals surface area contributed by atoms with Crippen molar-refractivity contribution in [2.45, 2.75) is 13.8 Å². The van der Waals surface area contributed by atoms with Crippen LogP contribution in [0.5, 0.6) is 0 Å². The van der Waals surface area contributed by atoms with Crippen molar-refractivity contribution in [3.63, 3.8) is 0 Å². The van der Waals surface area contributed by atoms with Crippen LogP contribution in [0.4, 0.5) is 10.1 Å². The third-order valence-corrected chi connectivity index (χ3v) is 2.19. The summed E-state index contributed by atoms with van der Waals surface area (Å²) in [7, 11) is 0. The highest BCUT2D eigenvalue weighted by Gasteiger charge is 2.07. The van der Waals surface area contributed by atoms with Gasteiger partial charge < -0.3 is 5.73 Å². The average Bonchev–Trinajstić information content (AvgIpc) is 2.32. The molecule has 0 saturated carbocycles. The van der Waals surface area contributed by atoms with Crippen LogP contribution in [0, 0.1) is 19.7 Å². The van der Waals surface area contributed by atoms with Crippen LogP contribution in [-0.4, -0.2) is 9.38 Å². The molecule has 0 spiro atoms. The molecule has 0 aliphatic rings. The minimum Gasteiger partial charge on any atom is -0.396 e. The molecule has 2 aromatic heterocycles. The van der Waals surface area contributed by atoms with E-state index in [1.165, 1.54) is 12.3 Å². The number of fused-ring (bicyclic) bond motifs is 1. The number of nitrogens with zero attached hydrogens (tertiary/aromatic N) is 2. The molecule has 0 aromatic carbocycles. The van der Waals surface area contributed by atoms with Gasteiger partial charge in [-0.15, -0.1) is 0 Å². The van der Waals surface area contributed by atoms with Crippen LogP contribution in [-0.2, 0) is 0 Å². The molecule has 2 aromatic rings. The van der Waals surface area contributed by atoms with Crippen molar-refractivity contribution in [2.24, 2.45) is 0 Å². The highest BCUT2D eigenvalue weighted by molar-refractivity contribution is 5.65. The van der Waals surface area contributed by atoms with E-state index in [2.05, 4.69) is 4.98 Å². The first-order valence-corrected chi connectivity index (χ1v) is 4.00. The molecular weight excluding hydrogens is 169 g/mol. The van der Waals surface area contributed by atoms with Crippen molar-refractivity contribution in [3.05, 3.63) is 29.5 Å². The summed E-state index contributed by atoms with van der Waals surface area (Å²) in [6.45, 7) is 3.76. The van der Waals surface area contributed by atoms with E-state index in [-0.39, 0.29) is 5.82 Å². The molecule has 0 radical (unpaired) electrons. The number of anilines is 1. The maximum Gasteiger partial charge on any atom is 0.160 e. The summed E-state index contributed by atoms with van der Waals surface area (Å²) in [5, 5.41) is 0. The van der Waals surface area contributed by atoms with Crippen molar-refractivity contribution in [1.82, 2.24) is 9.38 Å². The smallest absolute Gasteiger partial charge is 0.160 e. The minimum atomic E-state index is -0.342. The third kappa shape index (κ3) is 1.06. The van der Waals surface area contributed by atoms with Crippen LogP contribution in [0.3, 0.4) is 0 Å². The number of aryl methyl sites for hydroxylation is 2. The zero-order valence-electron chi connectivity index (χ0n) is 7.50. The molecule has 2 rings (SSSR count). The Bertz CT molecular complexity index is 473. The molecule has 0 fully saturated rings. The van der Waals surface area contributed by atoms with Crippen molar-refractivity contribution in [2.75, 3.05) is 5.73 Å². The standard InChI is InChI=1S/C9H10FN3/c1-5-6(2)13-4-7(10)3-8(11)9(13)12-5/h3-4H,11H2,1-2H3. The molecule has 4 heteroatoms. The molecule has 13 heavy (non-hydrogen) atoms. The molecule has 0 amide bonds. The summed E-state index contributed by atoms with van der Waals surface area (Å²) in [5.41, 5.74) is 8.40. The fourth-order valence-corrected chi connectivity index (χ4v) is 1.36. The Morgan fingerprint density at radius 1 is 1.46 bits per heavy atom. The molecular formula is C9H10FN3. The van der Waals surface area contributed by atoms with Crippen molar-refractivity contribution in [3.8, 4) is 0 Å². The Hall–Kier alpha value is -1.58. The van der Waals surface area contributed by atoms with Gasteiger partial charge in [0.25, 0.3) is 0 Å². The van der Waals surface area contributed by atoms with Crippen molar-refractivity contribution < 1.29 is 4.39 Å². The van der Waals surface area contributed by atoms with Gasteiger partial charge in [-0.05, 0) is 13.8 Å². The topological polar surface area (TPSA) is 43.3 Å². The Labute approximate surface area is 75.0 Å². The monoisotopic (exact) mass is 179 g/mol. The molecule has 68 valence electrons. The van der Waals surface area contributed by atoms with Crippen LogP contribution in [0.15, 0.2) is 12.3 Å². The zero-order chi connectivity index (χ0) is 9.59. The third-order valence-electron chi connectivity index (χ3n) is 2.19. The van der Waals surface area contributed by atoms with Crippen molar-refractivity contribution >= 4 is 11.3 Å². The normalized spacial score (nSPS) is 11.0. The lowest BCUT2D eigenvalue weighted by Crippen LogP contribution is -1.95. The van der Waals surface area contributed by atoms with Gasteiger partial charge in [0, 0.05) is 18.0 Å². The van der Waals surface area contributed by atoms with E-state index in [1.54, 1.807) is 4.40 Å². The Morgan fingerprint density at radius 2 is 2.15 bits per heavy atom. The SMILES string of the molecule is Cc1nc2c(N)cc(F)cn2c1C. The molecule has 0 bridgehead atoms. The summed E-state index contributed by atoms with van der Waals surface area (Å²) in [6, 6.07) is 1.28. The first-order chi connectivity index (χ1) is 6.09. The van der Waals surface area contributed by atoms with Gasteiger partial charge >= 0.3 is 0 Å². The number of hydrogen-bond donors (Lipinski definition) is 1. The van der Waals surface area contributed by atoms with Crippen LogP contribution >= 0.6 is 0 Å². The molecule has 0 unspecified atom stereocenters. The number of nitrogens with two attached hydrogens (primary N) is 1. The molecule has 0 aliphatic heterocycles. The maximum atomic E-state index is 13.0. The summed E-state index contributed by atoms with van der Waals surface area (Å²) in [6.07, 6.45) is 1.39. The molecule has 2 heterocycles. The number of nitrogen functional groups attached to an aromatic ring is 1. The molecule has 0 aliphatic carbocycles. The van der Waals surface area contributed by atoms with Gasteiger partial charge in [0.05, 0.1) is 11.4 Å². The largest absolute Gasteiger partial charge is 0.396 e. The predicted molar refractivity (Wildman–Crippen MR) is 49.0 cm³/mol. The number of rotatable bonds is 0. The van der Waals surface area contributed by atoms with Crippen LogP contribution in [0.25, 0.3) is 5.65 Å². The summed E-state index contributed by atoms with van der Waals surface area (Å²) in [5.74, 6) is -0.342. The van der Waals surface area contributed by atoms with Gasteiger partial charge in [-0.2, -0.15) is 0 Å². The fourth-order valence-electron chi connectivity index (χ4n) is 1.36. The van der Waals surface area contributed by atoms with E-state index < -0.39 is 0 Å². The van der Waals surface area contributed by atoms with Crippen LogP contribution in [0.1, 0.15) is 11.4 Å². The van der Waals surface area contributed by atoms with E-state index in [1.807, 2.05) is 13.8 Å². The highest BCUT2D eigenvalue weighted by Crippen LogP contribution is 2.17. The second kappa shape index (κ2) is 2.45. The zero-order valence-corrected chi connectivity index (χ0v) is 7.50. The average molecular weight is 179 g/mol. The van der Waals surface area contributed by atoms with E-state index in [4.69, 9.17) is 5.73 Å². The summed E-state index contributed by atoms with van der Waals surface area (Å²) in [4.78, 5) is 4.22. The highest BCUT2D eigenvalue weighted by atomic mass is 19.1. The number of pyridine rings is 1. The second-order valence-corrected chi connectivity index (χ2v) is 3.09. The van der Waals surface area contributed by atoms with Gasteiger partial charge in [-0.1, -0.05) is 0 Å². The Balaban J connectivity index is 2.94. The minimum absolute atomic E-state index is 0.342. The maximum absolute atomic E-state index is 13.0. The Kier molecular flexibility index (Phi) is 1.52. The van der Waals surface area contributed by atoms with Gasteiger partial charge in [0.2, 0.25) is 0 Å². The Morgan fingerprint density at radius 3 is 2.85 bits per heavy atom. The molecule has 0 atom stereocenters. The van der Waals surface area contributed by atoms with Gasteiger partial charge in [-0.3, -0.25) is 4.40 Å². The number of hydrogen-bond acceptors (Lipinski definition) is 2. The summed E-state index contributed by atoms with van der Waals surface area (Å²) >= 11 is 0. The van der Waals surface area contributed by atoms with E-state index in [0.717, 1.165) is 11.4 Å². The van der Waals surface area contributed by atoms with Crippen LogP contribution in [0.2, 0.25) is 0 Å². The fraction of sp³-hybridized carbons (Fsp3) is 0.222. The first kappa shape index (κ1) is 8.04. The molecule has 0 saturated heterocycles. The van der Waals surface area contributed by atoms with Crippen molar-refractivity contribution in [1.29, 1.82) is 0 Å². The lowest BCUT2D eigenvalue weighted by atomic mass is 10.4.